The first-order valence-corrected chi connectivity index (χ1v) is 11.0. The number of benzene rings is 2. The van der Waals surface area contributed by atoms with E-state index < -0.39 is 0 Å². The topological polar surface area (TPSA) is 62.5 Å². The molecule has 1 saturated heterocycles. The predicted octanol–water partition coefficient (Wildman–Crippen LogP) is 4.91. The Morgan fingerprint density at radius 3 is 2.55 bits per heavy atom. The minimum Gasteiger partial charge on any atom is -0.341 e. The van der Waals surface area contributed by atoms with Crippen LogP contribution in [0.4, 0.5) is 0 Å². The third-order valence-electron chi connectivity index (χ3n) is 5.59. The molecule has 6 nitrogen and oxygen atoms in total. The maximum Gasteiger partial charge on any atom is 0.241 e. The fourth-order valence-corrected chi connectivity index (χ4v) is 4.20. The zero-order valence-corrected chi connectivity index (χ0v) is 18.8. The molecular formula is C23H24Cl2N4O2. The van der Waals surface area contributed by atoms with Gasteiger partial charge in [-0.15, -0.1) is 0 Å². The van der Waals surface area contributed by atoms with E-state index in [1.165, 1.54) is 0 Å². The normalized spacial score (nSPS) is 15.2. The second kappa shape index (κ2) is 9.81. The second-order valence-corrected chi connectivity index (χ2v) is 8.71. The van der Waals surface area contributed by atoms with Crippen LogP contribution < -0.4 is 0 Å². The van der Waals surface area contributed by atoms with Crippen LogP contribution in [0.15, 0.2) is 53.1 Å². The van der Waals surface area contributed by atoms with Gasteiger partial charge in [-0.1, -0.05) is 52.6 Å². The van der Waals surface area contributed by atoms with Gasteiger partial charge in [0.25, 0.3) is 0 Å². The third kappa shape index (κ3) is 5.45. The lowest BCUT2D eigenvalue weighted by atomic mass is 9.95. The number of piperidine rings is 1. The van der Waals surface area contributed by atoms with Crippen molar-refractivity contribution in [1.29, 1.82) is 0 Å². The Morgan fingerprint density at radius 2 is 1.84 bits per heavy atom. The Labute approximate surface area is 191 Å². The van der Waals surface area contributed by atoms with Gasteiger partial charge in [0.05, 0.1) is 11.6 Å². The van der Waals surface area contributed by atoms with Crippen molar-refractivity contribution in [3.8, 4) is 11.4 Å². The molecule has 0 saturated carbocycles. The largest absolute Gasteiger partial charge is 0.341 e. The summed E-state index contributed by atoms with van der Waals surface area (Å²) in [6.45, 7) is 2.78. The van der Waals surface area contributed by atoms with Crippen LogP contribution in [-0.4, -0.2) is 46.0 Å². The van der Waals surface area contributed by atoms with E-state index in [0.29, 0.717) is 34.8 Å². The Morgan fingerprint density at radius 1 is 1.13 bits per heavy atom. The highest BCUT2D eigenvalue weighted by atomic mass is 35.5. The molecule has 0 unspecified atom stereocenters. The number of carbonyl (C=O) groups excluding carboxylic acids is 1. The molecule has 4 rings (SSSR count). The highest BCUT2D eigenvalue weighted by Crippen LogP contribution is 2.26. The Hall–Kier alpha value is -2.41. The van der Waals surface area contributed by atoms with Crippen LogP contribution in [0.25, 0.3) is 11.4 Å². The molecule has 2 heterocycles. The van der Waals surface area contributed by atoms with Crippen LogP contribution in [0.3, 0.4) is 0 Å². The molecule has 0 atom stereocenters. The van der Waals surface area contributed by atoms with Crippen LogP contribution in [0.1, 0.15) is 24.3 Å². The molecular weight excluding hydrogens is 435 g/mol. The summed E-state index contributed by atoms with van der Waals surface area (Å²) >= 11 is 12.2. The minimum atomic E-state index is 0.0370. The molecule has 0 N–H and O–H groups in total. The van der Waals surface area contributed by atoms with E-state index in [0.717, 1.165) is 37.1 Å². The number of carbonyl (C=O) groups is 1. The van der Waals surface area contributed by atoms with Crippen LogP contribution >= 0.6 is 23.2 Å². The van der Waals surface area contributed by atoms with Gasteiger partial charge < -0.3 is 9.42 Å². The minimum absolute atomic E-state index is 0.0370. The smallest absolute Gasteiger partial charge is 0.241 e. The molecule has 1 amide bonds. The first-order valence-electron chi connectivity index (χ1n) is 10.3. The van der Waals surface area contributed by atoms with E-state index in [9.17, 15) is 4.79 Å². The summed E-state index contributed by atoms with van der Waals surface area (Å²) in [4.78, 5) is 21.4. The van der Waals surface area contributed by atoms with E-state index in [2.05, 4.69) is 15.0 Å². The van der Waals surface area contributed by atoms with Gasteiger partial charge >= 0.3 is 0 Å². The lowest BCUT2D eigenvalue weighted by Gasteiger charge is -2.32. The van der Waals surface area contributed by atoms with Crippen molar-refractivity contribution in [2.24, 2.45) is 5.92 Å². The summed E-state index contributed by atoms with van der Waals surface area (Å²) in [6.07, 6.45) is 1.63. The number of halogens is 2. The number of hydrogen-bond acceptors (Lipinski definition) is 5. The lowest BCUT2D eigenvalue weighted by molar-refractivity contribution is -0.136. The third-order valence-corrected chi connectivity index (χ3v) is 6.17. The molecule has 1 aromatic heterocycles. The van der Waals surface area contributed by atoms with Gasteiger partial charge in [-0.05, 0) is 55.8 Å². The summed E-state index contributed by atoms with van der Waals surface area (Å²) in [7, 11) is 1.86. The Bertz CT molecular complexity index is 1030. The number of aromatic nitrogens is 2. The van der Waals surface area contributed by atoms with Crippen molar-refractivity contribution in [3.05, 3.63) is 70.0 Å². The van der Waals surface area contributed by atoms with Crippen molar-refractivity contribution < 1.29 is 9.32 Å². The highest BCUT2D eigenvalue weighted by molar-refractivity contribution is 6.33. The molecule has 0 aliphatic carbocycles. The molecule has 31 heavy (non-hydrogen) atoms. The molecule has 1 aliphatic heterocycles. The number of amides is 1. The monoisotopic (exact) mass is 458 g/mol. The lowest BCUT2D eigenvalue weighted by Crippen LogP contribution is -2.40. The van der Waals surface area contributed by atoms with E-state index in [-0.39, 0.29) is 11.8 Å². The molecule has 8 heteroatoms. The number of rotatable bonds is 6. The molecule has 0 radical (unpaired) electrons. The van der Waals surface area contributed by atoms with Crippen molar-refractivity contribution in [2.75, 3.05) is 20.1 Å². The fourth-order valence-electron chi connectivity index (χ4n) is 3.85. The molecule has 0 bridgehead atoms. The van der Waals surface area contributed by atoms with Gasteiger partial charge in [0.2, 0.25) is 17.6 Å². The van der Waals surface area contributed by atoms with Gasteiger partial charge in [0.15, 0.2) is 0 Å². The summed E-state index contributed by atoms with van der Waals surface area (Å²) in [5, 5.41) is 5.35. The summed E-state index contributed by atoms with van der Waals surface area (Å²) in [5.74, 6) is 1.28. The zero-order valence-electron chi connectivity index (χ0n) is 17.3. The zero-order chi connectivity index (χ0) is 21.8. The Kier molecular flexibility index (Phi) is 6.90. The molecule has 2 aromatic carbocycles. The standard InChI is InChI=1S/C23H24Cl2N4O2/c1-28(14-16-6-8-18(24)9-7-16)23(30)17-10-12-29(13-11-17)15-21-26-22(27-31-21)19-4-2-3-5-20(19)25/h2-9,17H,10-15H2,1H3. The van der Waals surface area contributed by atoms with E-state index in [1.807, 2.05) is 49.5 Å². The summed E-state index contributed by atoms with van der Waals surface area (Å²) < 4.78 is 5.42. The molecule has 162 valence electrons. The molecule has 1 aliphatic rings. The fraction of sp³-hybridized carbons (Fsp3) is 0.348. The number of nitrogens with zero attached hydrogens (tertiary/aromatic N) is 4. The molecule has 3 aromatic rings. The van der Waals surface area contributed by atoms with Crippen LogP contribution in [-0.2, 0) is 17.9 Å². The average Bonchev–Trinajstić information content (AvgIpc) is 3.24. The second-order valence-electron chi connectivity index (χ2n) is 7.86. The van der Waals surface area contributed by atoms with Gasteiger partial charge in [0.1, 0.15) is 0 Å². The number of hydrogen-bond donors (Lipinski definition) is 0. The first kappa shape index (κ1) is 21.8. The maximum absolute atomic E-state index is 12.9. The van der Waals surface area contributed by atoms with E-state index >= 15 is 0 Å². The van der Waals surface area contributed by atoms with Crippen LogP contribution in [0, 0.1) is 5.92 Å². The summed E-state index contributed by atoms with van der Waals surface area (Å²) in [5.41, 5.74) is 1.83. The maximum atomic E-state index is 12.9. The number of likely N-dealkylation sites (tertiary alicyclic amines) is 1. The predicted molar refractivity (Wildman–Crippen MR) is 121 cm³/mol. The Balaban J connectivity index is 1.28. The van der Waals surface area contributed by atoms with Gasteiger partial charge in [-0.2, -0.15) is 4.98 Å². The summed E-state index contributed by atoms with van der Waals surface area (Å²) in [6, 6.07) is 15.0. The van der Waals surface area contributed by atoms with E-state index in [4.69, 9.17) is 27.7 Å². The van der Waals surface area contributed by atoms with Crippen LogP contribution in [0.2, 0.25) is 10.0 Å². The van der Waals surface area contributed by atoms with Gasteiger partial charge in [-0.3, -0.25) is 9.69 Å². The van der Waals surface area contributed by atoms with Gasteiger partial charge in [0, 0.05) is 30.1 Å². The van der Waals surface area contributed by atoms with Crippen LogP contribution in [0.5, 0.6) is 0 Å². The first-order chi connectivity index (χ1) is 15.0. The SMILES string of the molecule is CN(Cc1ccc(Cl)cc1)C(=O)C1CCN(Cc2nc(-c3ccccc3Cl)no2)CC1. The van der Waals surface area contributed by atoms with Crippen molar-refractivity contribution in [2.45, 2.75) is 25.9 Å². The highest BCUT2D eigenvalue weighted by Gasteiger charge is 2.28. The van der Waals surface area contributed by atoms with E-state index in [1.54, 1.807) is 11.0 Å². The van der Waals surface area contributed by atoms with Crippen molar-refractivity contribution in [1.82, 2.24) is 19.9 Å². The van der Waals surface area contributed by atoms with Crippen molar-refractivity contribution >= 4 is 29.1 Å². The quantitative estimate of drug-likeness (QED) is 0.524. The average molecular weight is 459 g/mol. The van der Waals surface area contributed by atoms with Crippen molar-refractivity contribution in [3.63, 3.8) is 0 Å². The molecule has 1 fully saturated rings. The van der Waals surface area contributed by atoms with Gasteiger partial charge in [-0.25, -0.2) is 0 Å². The molecule has 0 spiro atoms.